The molecular weight excluding hydrogens is 222 g/mol. The van der Waals surface area contributed by atoms with Gasteiger partial charge in [-0.3, -0.25) is 10.1 Å². The van der Waals surface area contributed by atoms with E-state index in [2.05, 4.69) is 16.9 Å². The summed E-state index contributed by atoms with van der Waals surface area (Å²) < 4.78 is 0. The number of nitrogen functional groups attached to an aromatic ring is 1. The van der Waals surface area contributed by atoms with Crippen LogP contribution in [0, 0.1) is 22.0 Å². The number of nitro groups is 1. The van der Waals surface area contributed by atoms with Gasteiger partial charge in [0.25, 0.3) is 0 Å². The van der Waals surface area contributed by atoms with Crippen molar-refractivity contribution in [3.63, 3.8) is 0 Å². The molecule has 1 aliphatic rings. The van der Waals surface area contributed by atoms with Crippen molar-refractivity contribution in [3.05, 3.63) is 16.4 Å². The zero-order valence-electron chi connectivity index (χ0n) is 9.83. The molecule has 7 heteroatoms. The van der Waals surface area contributed by atoms with E-state index in [1.807, 2.05) is 0 Å². The van der Waals surface area contributed by atoms with E-state index in [9.17, 15) is 10.1 Å². The van der Waals surface area contributed by atoms with E-state index >= 15 is 0 Å². The van der Waals surface area contributed by atoms with Gasteiger partial charge in [-0.15, -0.1) is 0 Å². The van der Waals surface area contributed by atoms with E-state index < -0.39 is 4.92 Å². The number of hydrogen-bond donors (Lipinski definition) is 1. The topological polar surface area (TPSA) is 98.2 Å². The third-order valence-corrected chi connectivity index (χ3v) is 3.16. The fourth-order valence-electron chi connectivity index (χ4n) is 1.93. The van der Waals surface area contributed by atoms with Crippen LogP contribution in [0.2, 0.25) is 0 Å². The third kappa shape index (κ3) is 2.27. The Morgan fingerprint density at radius 3 is 2.82 bits per heavy atom. The largest absolute Gasteiger partial charge is 0.378 e. The van der Waals surface area contributed by atoms with Gasteiger partial charge in [-0.2, -0.15) is 0 Å². The summed E-state index contributed by atoms with van der Waals surface area (Å²) in [5.41, 5.74) is 5.31. The number of hydrogen-bond acceptors (Lipinski definition) is 6. The average Bonchev–Trinajstić information content (AvgIpc) is 2.93. The minimum absolute atomic E-state index is 0.0873. The van der Waals surface area contributed by atoms with Gasteiger partial charge in [0, 0.05) is 13.6 Å². The molecule has 2 unspecified atom stereocenters. The molecule has 0 spiro atoms. The molecule has 0 bridgehead atoms. The Labute approximate surface area is 98.8 Å². The number of nitrogens with two attached hydrogens (primary N) is 1. The number of nitrogens with zero attached hydrogens (tertiary/aromatic N) is 4. The van der Waals surface area contributed by atoms with Crippen LogP contribution in [-0.4, -0.2) is 28.5 Å². The summed E-state index contributed by atoms with van der Waals surface area (Å²) in [5.74, 6) is 1.49. The summed E-state index contributed by atoms with van der Waals surface area (Å²) in [6.45, 7) is 2.93. The van der Waals surface area contributed by atoms with Crippen LogP contribution < -0.4 is 10.6 Å². The van der Waals surface area contributed by atoms with Crippen molar-refractivity contribution in [3.8, 4) is 0 Å². The molecule has 92 valence electrons. The van der Waals surface area contributed by atoms with Gasteiger partial charge in [-0.25, -0.2) is 9.97 Å². The Kier molecular flexibility index (Phi) is 2.83. The molecule has 0 aromatic carbocycles. The first-order valence-electron chi connectivity index (χ1n) is 5.46. The van der Waals surface area contributed by atoms with Crippen LogP contribution in [0.5, 0.6) is 0 Å². The van der Waals surface area contributed by atoms with Crippen LogP contribution in [-0.2, 0) is 0 Å². The lowest BCUT2D eigenvalue weighted by Gasteiger charge is -2.17. The zero-order valence-corrected chi connectivity index (χ0v) is 9.83. The van der Waals surface area contributed by atoms with Gasteiger partial charge >= 0.3 is 5.69 Å². The fraction of sp³-hybridized carbons (Fsp3) is 0.600. The predicted octanol–water partition coefficient (Wildman–Crippen LogP) is 1.06. The molecule has 0 amide bonds. The lowest BCUT2D eigenvalue weighted by Crippen LogP contribution is -2.23. The van der Waals surface area contributed by atoms with Gasteiger partial charge in [-0.1, -0.05) is 6.92 Å². The molecule has 1 aromatic heterocycles. The fourth-order valence-corrected chi connectivity index (χ4v) is 1.93. The molecule has 7 nitrogen and oxygen atoms in total. The highest BCUT2D eigenvalue weighted by Gasteiger charge is 2.35. The maximum atomic E-state index is 10.9. The SMILES string of the molecule is CC1CC1CN(C)c1ncnc(N)c1[N+](=O)[O-]. The second kappa shape index (κ2) is 4.15. The van der Waals surface area contributed by atoms with Crippen LogP contribution in [0.15, 0.2) is 6.33 Å². The average molecular weight is 237 g/mol. The molecule has 1 saturated carbocycles. The summed E-state index contributed by atoms with van der Waals surface area (Å²) in [6.07, 6.45) is 2.42. The second-order valence-corrected chi connectivity index (χ2v) is 4.54. The minimum atomic E-state index is -0.530. The van der Waals surface area contributed by atoms with Crippen molar-refractivity contribution in [1.29, 1.82) is 0 Å². The Hall–Kier alpha value is -1.92. The van der Waals surface area contributed by atoms with Crippen molar-refractivity contribution in [2.75, 3.05) is 24.2 Å². The summed E-state index contributed by atoms with van der Waals surface area (Å²) in [7, 11) is 1.79. The quantitative estimate of drug-likeness (QED) is 0.621. The van der Waals surface area contributed by atoms with Crippen LogP contribution in [0.4, 0.5) is 17.3 Å². The molecule has 0 radical (unpaired) electrons. The van der Waals surface area contributed by atoms with Gasteiger partial charge in [0.05, 0.1) is 4.92 Å². The highest BCUT2D eigenvalue weighted by molar-refractivity contribution is 5.68. The van der Waals surface area contributed by atoms with Gasteiger partial charge in [0.2, 0.25) is 11.6 Å². The molecule has 1 fully saturated rings. The Balaban J connectivity index is 2.24. The standard InChI is InChI=1S/C10H15N5O2/c1-6-3-7(6)4-14(2)10-8(15(16)17)9(11)12-5-13-10/h5-7H,3-4H2,1-2H3,(H2,11,12,13). The van der Waals surface area contributed by atoms with E-state index in [1.54, 1.807) is 11.9 Å². The van der Waals surface area contributed by atoms with E-state index in [0.29, 0.717) is 17.7 Å². The van der Waals surface area contributed by atoms with E-state index in [-0.39, 0.29) is 11.5 Å². The predicted molar refractivity (Wildman–Crippen MR) is 63.6 cm³/mol. The Morgan fingerprint density at radius 1 is 1.65 bits per heavy atom. The summed E-state index contributed by atoms with van der Waals surface area (Å²) in [4.78, 5) is 19.8. The van der Waals surface area contributed by atoms with Crippen molar-refractivity contribution in [2.24, 2.45) is 11.8 Å². The summed E-state index contributed by atoms with van der Waals surface area (Å²) in [6, 6.07) is 0. The molecular formula is C10H15N5O2. The molecule has 1 aliphatic carbocycles. The van der Waals surface area contributed by atoms with Crippen LogP contribution in [0.25, 0.3) is 0 Å². The molecule has 1 aromatic rings. The molecule has 2 N–H and O–H groups in total. The maximum Gasteiger partial charge on any atom is 0.353 e. The number of rotatable bonds is 4. The first-order valence-corrected chi connectivity index (χ1v) is 5.46. The maximum absolute atomic E-state index is 10.9. The highest BCUT2D eigenvalue weighted by Crippen LogP contribution is 2.39. The normalized spacial score (nSPS) is 22.2. The van der Waals surface area contributed by atoms with Gasteiger partial charge < -0.3 is 10.6 Å². The Morgan fingerprint density at radius 2 is 2.29 bits per heavy atom. The third-order valence-electron chi connectivity index (χ3n) is 3.16. The number of aromatic nitrogens is 2. The van der Waals surface area contributed by atoms with Crippen molar-refractivity contribution < 1.29 is 4.92 Å². The number of anilines is 2. The van der Waals surface area contributed by atoms with Crippen LogP contribution in [0.1, 0.15) is 13.3 Å². The van der Waals surface area contributed by atoms with Gasteiger partial charge in [0.15, 0.2) is 0 Å². The Bertz CT molecular complexity index is 450. The van der Waals surface area contributed by atoms with Crippen LogP contribution in [0.3, 0.4) is 0 Å². The first-order chi connectivity index (χ1) is 8.00. The van der Waals surface area contributed by atoms with Gasteiger partial charge in [-0.05, 0) is 18.3 Å². The van der Waals surface area contributed by atoms with E-state index in [1.165, 1.54) is 12.7 Å². The summed E-state index contributed by atoms with van der Waals surface area (Å²) >= 11 is 0. The molecule has 1 heterocycles. The van der Waals surface area contributed by atoms with Gasteiger partial charge in [0.1, 0.15) is 6.33 Å². The minimum Gasteiger partial charge on any atom is -0.378 e. The molecule has 17 heavy (non-hydrogen) atoms. The molecule has 0 aliphatic heterocycles. The lowest BCUT2D eigenvalue weighted by atomic mass is 10.3. The monoisotopic (exact) mass is 237 g/mol. The first kappa shape index (κ1) is 11.6. The van der Waals surface area contributed by atoms with Crippen molar-refractivity contribution >= 4 is 17.3 Å². The van der Waals surface area contributed by atoms with Crippen molar-refractivity contribution in [1.82, 2.24) is 9.97 Å². The van der Waals surface area contributed by atoms with E-state index in [0.717, 1.165) is 6.54 Å². The highest BCUT2D eigenvalue weighted by atomic mass is 16.6. The molecule has 2 rings (SSSR count). The lowest BCUT2D eigenvalue weighted by molar-refractivity contribution is -0.383. The zero-order chi connectivity index (χ0) is 12.6. The summed E-state index contributed by atoms with van der Waals surface area (Å²) in [5, 5.41) is 10.9. The molecule has 0 saturated heterocycles. The van der Waals surface area contributed by atoms with Crippen LogP contribution >= 0.6 is 0 Å². The van der Waals surface area contributed by atoms with Crippen molar-refractivity contribution in [2.45, 2.75) is 13.3 Å². The van der Waals surface area contributed by atoms with E-state index in [4.69, 9.17) is 5.73 Å². The molecule has 2 atom stereocenters. The smallest absolute Gasteiger partial charge is 0.353 e. The second-order valence-electron chi connectivity index (χ2n) is 4.54.